The topological polar surface area (TPSA) is 102 Å². The van der Waals surface area contributed by atoms with Crippen LogP contribution >= 0.6 is 11.8 Å². The summed E-state index contributed by atoms with van der Waals surface area (Å²) in [6.45, 7) is 6.37. The van der Waals surface area contributed by atoms with Crippen molar-refractivity contribution in [2.45, 2.75) is 69.0 Å². The molecule has 2 aromatic carbocycles. The van der Waals surface area contributed by atoms with Crippen molar-refractivity contribution < 1.29 is 29.1 Å². The average molecular weight is 472 g/mol. The number of hydrogen-bond donors (Lipinski definition) is 1. The first-order chi connectivity index (χ1) is 15.7. The third-order valence-corrected chi connectivity index (χ3v) is 5.73. The minimum absolute atomic E-state index is 0.0873. The molecule has 0 aliphatic rings. The Morgan fingerprint density at radius 3 is 1.97 bits per heavy atom. The predicted octanol–water partition coefficient (Wildman–Crippen LogP) is 5.06. The van der Waals surface area contributed by atoms with E-state index in [1.807, 2.05) is 31.2 Å². The van der Waals surface area contributed by atoms with Crippen LogP contribution in [0.25, 0.3) is 0 Å². The van der Waals surface area contributed by atoms with Crippen molar-refractivity contribution in [2.75, 3.05) is 0 Å². The van der Waals surface area contributed by atoms with E-state index in [-0.39, 0.29) is 23.6 Å². The Labute approximate surface area is 198 Å². The van der Waals surface area contributed by atoms with Crippen LogP contribution in [0.1, 0.15) is 67.7 Å². The number of benzene rings is 2. The van der Waals surface area contributed by atoms with Crippen LogP contribution in [-0.4, -0.2) is 40.7 Å². The van der Waals surface area contributed by atoms with Crippen molar-refractivity contribution >= 4 is 35.2 Å². The molecule has 0 aliphatic heterocycles. The largest absolute Gasteiger partial charge is 0.459 e. The summed E-state index contributed by atoms with van der Waals surface area (Å²) in [6, 6.07) is 14.1. The van der Waals surface area contributed by atoms with Gasteiger partial charge in [-0.05, 0) is 81.6 Å². The molecule has 0 amide bonds. The normalized spacial score (nSPS) is 13.2. The lowest BCUT2D eigenvalue weighted by Crippen LogP contribution is -2.19. The summed E-state index contributed by atoms with van der Waals surface area (Å²) in [5.74, 6) is -1.29. The molecule has 2 aromatic rings. The minimum atomic E-state index is -0.588. The van der Waals surface area contributed by atoms with Crippen LogP contribution in [0.2, 0.25) is 0 Å². The number of ether oxygens (including phenoxy) is 1. The Morgan fingerprint density at radius 1 is 0.939 bits per heavy atom. The molecule has 0 heterocycles. The van der Waals surface area contributed by atoms with Gasteiger partial charge in [0.2, 0.25) is 5.78 Å². The van der Waals surface area contributed by atoms with Crippen molar-refractivity contribution in [1.29, 1.82) is 0 Å². The van der Waals surface area contributed by atoms with Crippen molar-refractivity contribution in [3.05, 3.63) is 59.7 Å². The fourth-order valence-electron chi connectivity index (χ4n) is 2.85. The van der Waals surface area contributed by atoms with Gasteiger partial charge < -0.3 is 14.7 Å². The number of esters is 1. The molecule has 7 nitrogen and oxygen atoms in total. The van der Waals surface area contributed by atoms with Gasteiger partial charge in [-0.25, -0.2) is 9.59 Å². The molecule has 0 radical (unpaired) electrons. The maximum atomic E-state index is 12.4. The van der Waals surface area contributed by atoms with Gasteiger partial charge in [-0.1, -0.05) is 23.8 Å². The SMILES string of the molecule is CCC(CCC(C)O)OC(=O)c1ccc(Sc2ccc(C(=O)/C(C)=N/OC(C)=O)cc2)cc1. The third-order valence-electron chi connectivity index (χ3n) is 4.72. The summed E-state index contributed by atoms with van der Waals surface area (Å²) < 4.78 is 5.55. The molecule has 0 aliphatic carbocycles. The number of carbonyl (C=O) groups is 3. The Kier molecular flexibility index (Phi) is 10.3. The fraction of sp³-hybridized carbons (Fsp3) is 0.360. The van der Waals surface area contributed by atoms with Crippen LogP contribution in [-0.2, 0) is 14.4 Å². The number of aliphatic hydroxyl groups is 1. The molecular weight excluding hydrogens is 442 g/mol. The van der Waals surface area contributed by atoms with Crippen LogP contribution in [0.15, 0.2) is 63.5 Å². The maximum absolute atomic E-state index is 12.4. The van der Waals surface area contributed by atoms with Crippen molar-refractivity contribution in [2.24, 2.45) is 5.16 Å². The average Bonchev–Trinajstić information content (AvgIpc) is 2.80. The quantitative estimate of drug-likeness (QED) is 0.161. The second-order valence-corrected chi connectivity index (χ2v) is 8.75. The van der Waals surface area contributed by atoms with Gasteiger partial charge in [0.05, 0.1) is 11.7 Å². The van der Waals surface area contributed by atoms with Crippen LogP contribution in [0.4, 0.5) is 0 Å². The fourth-order valence-corrected chi connectivity index (χ4v) is 3.66. The van der Waals surface area contributed by atoms with Gasteiger partial charge in [0.1, 0.15) is 11.8 Å². The smallest absolute Gasteiger partial charge is 0.338 e. The van der Waals surface area contributed by atoms with Gasteiger partial charge in [0.15, 0.2) is 0 Å². The molecule has 2 rings (SSSR count). The zero-order chi connectivity index (χ0) is 24.4. The van der Waals surface area contributed by atoms with E-state index < -0.39 is 12.1 Å². The predicted molar refractivity (Wildman–Crippen MR) is 127 cm³/mol. The molecule has 0 aromatic heterocycles. The van der Waals surface area contributed by atoms with Crippen LogP contribution < -0.4 is 0 Å². The van der Waals surface area contributed by atoms with Gasteiger partial charge in [0, 0.05) is 22.3 Å². The Hall–Kier alpha value is -2.97. The van der Waals surface area contributed by atoms with Gasteiger partial charge >= 0.3 is 11.9 Å². The Morgan fingerprint density at radius 2 is 1.48 bits per heavy atom. The summed E-state index contributed by atoms with van der Waals surface area (Å²) in [6.07, 6.45) is 1.27. The van der Waals surface area contributed by atoms with E-state index in [1.165, 1.54) is 25.6 Å². The Balaban J connectivity index is 1.96. The standard InChI is InChI=1S/C25H29NO6S/c1-5-21(11-6-16(2)27)31-25(30)20-9-14-23(15-10-20)33-22-12-7-19(8-13-22)24(29)17(3)26-32-18(4)28/h7-10,12-16,21,27H,5-6,11H2,1-4H3/b26-17+. The molecular formula is C25H29NO6S. The van der Waals surface area contributed by atoms with Crippen LogP contribution in [0.3, 0.4) is 0 Å². The number of carbonyl (C=O) groups excluding carboxylic acids is 3. The summed E-state index contributed by atoms with van der Waals surface area (Å²) in [5.41, 5.74) is 0.995. The molecule has 176 valence electrons. The van der Waals surface area contributed by atoms with E-state index >= 15 is 0 Å². The lowest BCUT2D eigenvalue weighted by Gasteiger charge is -2.17. The van der Waals surface area contributed by atoms with Gasteiger partial charge in [-0.2, -0.15) is 0 Å². The zero-order valence-electron chi connectivity index (χ0n) is 19.2. The summed E-state index contributed by atoms with van der Waals surface area (Å²) in [7, 11) is 0. The number of oxime groups is 1. The molecule has 33 heavy (non-hydrogen) atoms. The molecule has 0 fully saturated rings. The first-order valence-electron chi connectivity index (χ1n) is 10.7. The molecule has 0 spiro atoms. The van der Waals surface area contributed by atoms with Crippen molar-refractivity contribution in [3.63, 3.8) is 0 Å². The highest BCUT2D eigenvalue weighted by Crippen LogP contribution is 2.28. The lowest BCUT2D eigenvalue weighted by atomic mass is 10.1. The summed E-state index contributed by atoms with van der Waals surface area (Å²) in [4.78, 5) is 41.9. The first kappa shape index (κ1) is 26.3. The van der Waals surface area contributed by atoms with Gasteiger partial charge in [-0.3, -0.25) is 4.79 Å². The molecule has 0 saturated heterocycles. The monoisotopic (exact) mass is 471 g/mol. The number of ketones is 1. The van der Waals surface area contributed by atoms with E-state index in [9.17, 15) is 19.5 Å². The van der Waals surface area contributed by atoms with E-state index in [0.29, 0.717) is 30.4 Å². The van der Waals surface area contributed by atoms with Gasteiger partial charge in [-0.15, -0.1) is 0 Å². The van der Waals surface area contributed by atoms with Crippen LogP contribution in [0.5, 0.6) is 0 Å². The van der Waals surface area contributed by atoms with Crippen LogP contribution in [0, 0.1) is 0 Å². The molecule has 0 bridgehead atoms. The minimum Gasteiger partial charge on any atom is -0.459 e. The van der Waals surface area contributed by atoms with Gasteiger partial charge in [0.25, 0.3) is 0 Å². The van der Waals surface area contributed by atoms with E-state index in [4.69, 9.17) is 4.74 Å². The number of hydrogen-bond acceptors (Lipinski definition) is 8. The number of rotatable bonds is 11. The molecule has 0 saturated carbocycles. The zero-order valence-corrected chi connectivity index (χ0v) is 20.1. The second-order valence-electron chi connectivity index (χ2n) is 7.60. The number of Topliss-reactive ketones (excluding diaryl/α,β-unsaturated/α-hetero) is 1. The lowest BCUT2D eigenvalue weighted by molar-refractivity contribution is -0.140. The molecule has 1 N–H and O–H groups in total. The van der Waals surface area contributed by atoms with Crippen molar-refractivity contribution in [3.8, 4) is 0 Å². The molecule has 2 atom stereocenters. The van der Waals surface area contributed by atoms with Crippen molar-refractivity contribution in [1.82, 2.24) is 0 Å². The van der Waals surface area contributed by atoms with E-state index in [0.717, 1.165) is 9.79 Å². The number of aliphatic hydroxyl groups excluding tert-OH is 1. The summed E-state index contributed by atoms with van der Waals surface area (Å²) >= 11 is 1.49. The highest BCUT2D eigenvalue weighted by molar-refractivity contribution is 7.99. The maximum Gasteiger partial charge on any atom is 0.338 e. The second kappa shape index (κ2) is 12.9. The highest BCUT2D eigenvalue weighted by Gasteiger charge is 2.16. The third kappa shape index (κ3) is 8.82. The number of nitrogens with zero attached hydrogens (tertiary/aromatic N) is 1. The highest BCUT2D eigenvalue weighted by atomic mass is 32.2. The molecule has 8 heteroatoms. The van der Waals surface area contributed by atoms with E-state index in [2.05, 4.69) is 9.99 Å². The first-order valence-corrected chi connectivity index (χ1v) is 11.5. The van der Waals surface area contributed by atoms with E-state index in [1.54, 1.807) is 31.2 Å². The summed E-state index contributed by atoms with van der Waals surface area (Å²) in [5, 5.41) is 12.9. The Bertz CT molecular complexity index is 983. The molecule has 2 unspecified atom stereocenters.